The lowest BCUT2D eigenvalue weighted by atomic mass is 10.2. The van der Waals surface area contributed by atoms with Gasteiger partial charge in [-0.15, -0.1) is 24.0 Å². The zero-order chi connectivity index (χ0) is 14.5. The van der Waals surface area contributed by atoms with Crippen LogP contribution in [0.2, 0.25) is 5.02 Å². The summed E-state index contributed by atoms with van der Waals surface area (Å²) in [7, 11) is 0. The first-order valence-electron chi connectivity index (χ1n) is 6.92. The SMILES string of the molecule is Clc1ccc(-c2noc(CCNC3=NCCCN3)n2)cc1.I. The summed E-state index contributed by atoms with van der Waals surface area (Å²) in [5, 5.41) is 11.1. The van der Waals surface area contributed by atoms with Gasteiger partial charge in [0.2, 0.25) is 11.7 Å². The zero-order valence-electron chi connectivity index (χ0n) is 11.9. The standard InChI is InChI=1S/C14H16ClN5O.HI/c15-11-4-2-10(3-5-11)13-19-12(21-20-13)6-9-18-14-16-7-1-8-17-14;/h2-5H,1,6-9H2,(H2,16,17,18);1H. The van der Waals surface area contributed by atoms with Crippen LogP contribution in [0.5, 0.6) is 0 Å². The molecule has 0 atom stereocenters. The van der Waals surface area contributed by atoms with Gasteiger partial charge in [-0.3, -0.25) is 4.99 Å². The van der Waals surface area contributed by atoms with Crippen molar-refractivity contribution in [1.29, 1.82) is 0 Å². The molecule has 22 heavy (non-hydrogen) atoms. The van der Waals surface area contributed by atoms with E-state index in [0.29, 0.717) is 29.7 Å². The minimum Gasteiger partial charge on any atom is -0.356 e. The Morgan fingerprint density at radius 3 is 2.82 bits per heavy atom. The molecule has 1 aliphatic rings. The Morgan fingerprint density at radius 1 is 1.27 bits per heavy atom. The number of nitrogens with one attached hydrogen (secondary N) is 2. The van der Waals surface area contributed by atoms with Gasteiger partial charge in [0.25, 0.3) is 0 Å². The summed E-state index contributed by atoms with van der Waals surface area (Å²) in [6.45, 7) is 2.54. The average Bonchev–Trinajstić information content (AvgIpc) is 2.98. The van der Waals surface area contributed by atoms with E-state index in [0.717, 1.165) is 31.0 Å². The third-order valence-corrected chi connectivity index (χ3v) is 3.35. The molecule has 2 N–H and O–H groups in total. The first-order chi connectivity index (χ1) is 10.3. The maximum Gasteiger partial charge on any atom is 0.228 e. The van der Waals surface area contributed by atoms with E-state index in [1.807, 2.05) is 12.1 Å². The van der Waals surface area contributed by atoms with Gasteiger partial charge in [-0.1, -0.05) is 16.8 Å². The lowest BCUT2D eigenvalue weighted by Gasteiger charge is -2.15. The van der Waals surface area contributed by atoms with Crippen LogP contribution in [0.25, 0.3) is 11.4 Å². The van der Waals surface area contributed by atoms with Crippen molar-refractivity contribution < 1.29 is 4.52 Å². The highest BCUT2D eigenvalue weighted by Crippen LogP contribution is 2.18. The second-order valence-electron chi connectivity index (χ2n) is 4.71. The van der Waals surface area contributed by atoms with Crippen molar-refractivity contribution >= 4 is 41.5 Å². The fourth-order valence-electron chi connectivity index (χ4n) is 2.01. The Morgan fingerprint density at radius 2 is 2.09 bits per heavy atom. The van der Waals surface area contributed by atoms with E-state index in [4.69, 9.17) is 16.1 Å². The second kappa shape index (κ2) is 8.33. The van der Waals surface area contributed by atoms with Gasteiger partial charge < -0.3 is 15.2 Å². The van der Waals surface area contributed by atoms with Crippen LogP contribution in [0.15, 0.2) is 33.8 Å². The number of aliphatic imine (C=N–C) groups is 1. The first-order valence-corrected chi connectivity index (χ1v) is 7.30. The van der Waals surface area contributed by atoms with Crippen LogP contribution in [0.3, 0.4) is 0 Å². The van der Waals surface area contributed by atoms with Crippen LogP contribution < -0.4 is 10.6 Å². The number of rotatable bonds is 4. The molecule has 1 aromatic carbocycles. The van der Waals surface area contributed by atoms with Crippen LogP contribution in [-0.4, -0.2) is 35.7 Å². The van der Waals surface area contributed by atoms with Crippen molar-refractivity contribution in [1.82, 2.24) is 20.8 Å². The first kappa shape index (κ1) is 17.0. The molecule has 1 aliphatic heterocycles. The molecule has 0 amide bonds. The van der Waals surface area contributed by atoms with Gasteiger partial charge >= 0.3 is 0 Å². The van der Waals surface area contributed by atoms with E-state index in [9.17, 15) is 0 Å². The third kappa shape index (κ3) is 4.57. The molecule has 0 fully saturated rings. The van der Waals surface area contributed by atoms with Gasteiger partial charge in [0.05, 0.1) is 0 Å². The smallest absolute Gasteiger partial charge is 0.228 e. The van der Waals surface area contributed by atoms with Crippen LogP contribution in [0, 0.1) is 0 Å². The van der Waals surface area contributed by atoms with Gasteiger partial charge in [0.1, 0.15) is 0 Å². The molecule has 3 rings (SSSR count). The van der Waals surface area contributed by atoms with E-state index in [1.165, 1.54) is 0 Å². The molecular weight excluding hydrogens is 417 g/mol. The van der Waals surface area contributed by atoms with Crippen molar-refractivity contribution in [2.24, 2.45) is 4.99 Å². The second-order valence-corrected chi connectivity index (χ2v) is 5.14. The Kier molecular flexibility index (Phi) is 6.44. The number of halogens is 2. The highest BCUT2D eigenvalue weighted by atomic mass is 127. The number of hydrogen-bond acceptors (Lipinski definition) is 6. The summed E-state index contributed by atoms with van der Waals surface area (Å²) in [6.07, 6.45) is 1.74. The molecule has 0 radical (unpaired) electrons. The summed E-state index contributed by atoms with van der Waals surface area (Å²) in [5.41, 5.74) is 0.890. The topological polar surface area (TPSA) is 75.3 Å². The Bertz CT molecular complexity index is 628. The summed E-state index contributed by atoms with van der Waals surface area (Å²) in [6, 6.07) is 7.36. The average molecular weight is 434 g/mol. The summed E-state index contributed by atoms with van der Waals surface area (Å²) in [4.78, 5) is 8.71. The fourth-order valence-corrected chi connectivity index (χ4v) is 2.14. The third-order valence-electron chi connectivity index (χ3n) is 3.10. The van der Waals surface area contributed by atoms with Crippen LogP contribution in [0.4, 0.5) is 0 Å². The largest absolute Gasteiger partial charge is 0.356 e. The monoisotopic (exact) mass is 433 g/mol. The minimum atomic E-state index is 0. The predicted octanol–water partition coefficient (Wildman–Crippen LogP) is 2.49. The normalized spacial score (nSPS) is 13.8. The van der Waals surface area contributed by atoms with Gasteiger partial charge in [-0.05, 0) is 30.7 Å². The van der Waals surface area contributed by atoms with Crippen molar-refractivity contribution in [2.45, 2.75) is 12.8 Å². The maximum absolute atomic E-state index is 5.86. The molecule has 0 spiro atoms. The van der Waals surface area contributed by atoms with Crippen LogP contribution in [0.1, 0.15) is 12.3 Å². The Balaban J connectivity index is 0.00000176. The highest BCUT2D eigenvalue weighted by Gasteiger charge is 2.09. The van der Waals surface area contributed by atoms with E-state index >= 15 is 0 Å². The molecule has 6 nitrogen and oxygen atoms in total. The van der Waals surface area contributed by atoms with Crippen LogP contribution >= 0.6 is 35.6 Å². The molecule has 2 heterocycles. The van der Waals surface area contributed by atoms with Crippen molar-refractivity contribution in [2.75, 3.05) is 19.6 Å². The van der Waals surface area contributed by atoms with Crippen molar-refractivity contribution in [3.8, 4) is 11.4 Å². The molecule has 8 heteroatoms. The number of benzene rings is 1. The number of aromatic nitrogens is 2. The molecule has 1 aromatic heterocycles. The Labute approximate surface area is 150 Å². The van der Waals surface area contributed by atoms with Gasteiger partial charge in [0.15, 0.2) is 5.96 Å². The molecule has 0 aliphatic carbocycles. The van der Waals surface area contributed by atoms with E-state index in [2.05, 4.69) is 25.8 Å². The highest BCUT2D eigenvalue weighted by molar-refractivity contribution is 14.0. The minimum absolute atomic E-state index is 0. The van der Waals surface area contributed by atoms with E-state index in [1.54, 1.807) is 12.1 Å². The predicted molar refractivity (Wildman–Crippen MR) is 96.8 cm³/mol. The van der Waals surface area contributed by atoms with Gasteiger partial charge in [-0.25, -0.2) is 0 Å². The quantitative estimate of drug-likeness (QED) is 0.725. The van der Waals surface area contributed by atoms with Gasteiger partial charge in [-0.2, -0.15) is 4.98 Å². The molecule has 0 bridgehead atoms. The maximum atomic E-state index is 5.86. The molecule has 2 aromatic rings. The number of nitrogens with zero attached hydrogens (tertiary/aromatic N) is 3. The summed E-state index contributed by atoms with van der Waals surface area (Å²) >= 11 is 5.86. The van der Waals surface area contributed by atoms with Crippen LogP contribution in [-0.2, 0) is 6.42 Å². The molecule has 0 unspecified atom stereocenters. The number of guanidine groups is 1. The molecular formula is C14H17ClIN5O. The Hall–Kier alpha value is -1.35. The van der Waals surface area contributed by atoms with Crippen molar-refractivity contribution in [3.63, 3.8) is 0 Å². The molecule has 0 saturated heterocycles. The number of hydrogen-bond donors (Lipinski definition) is 2. The lowest BCUT2D eigenvalue weighted by molar-refractivity contribution is 0.378. The van der Waals surface area contributed by atoms with Crippen molar-refractivity contribution in [3.05, 3.63) is 35.2 Å². The molecule has 118 valence electrons. The van der Waals surface area contributed by atoms with E-state index < -0.39 is 0 Å². The van der Waals surface area contributed by atoms with Gasteiger partial charge in [0, 0.05) is 36.6 Å². The lowest BCUT2D eigenvalue weighted by Crippen LogP contribution is -2.41. The fraction of sp³-hybridized carbons (Fsp3) is 0.357. The summed E-state index contributed by atoms with van der Waals surface area (Å²) in [5.74, 6) is 2.03. The molecule has 0 saturated carbocycles. The summed E-state index contributed by atoms with van der Waals surface area (Å²) < 4.78 is 5.24. The van der Waals surface area contributed by atoms with E-state index in [-0.39, 0.29) is 24.0 Å². The zero-order valence-corrected chi connectivity index (χ0v) is 15.0.